The molecular weight excluding hydrogens is 272 g/mol. The number of amides is 1. The van der Waals surface area contributed by atoms with Gasteiger partial charge in [0, 0.05) is 27.2 Å². The molecule has 0 unspecified atom stereocenters. The van der Waals surface area contributed by atoms with Gasteiger partial charge in [0.1, 0.15) is 10.7 Å². The summed E-state index contributed by atoms with van der Waals surface area (Å²) in [6, 6.07) is 0. The van der Waals surface area contributed by atoms with E-state index in [4.69, 9.17) is 5.73 Å². The van der Waals surface area contributed by atoms with Crippen molar-refractivity contribution in [2.24, 2.45) is 0 Å². The lowest BCUT2D eigenvalue weighted by Crippen LogP contribution is -2.27. The maximum absolute atomic E-state index is 12.4. The topological polar surface area (TPSA) is 62.5 Å². The molecule has 1 rings (SSSR count). The third kappa shape index (κ3) is 4.37. The first kappa shape index (κ1) is 16.8. The minimum absolute atomic E-state index is 0.0211. The number of thiazole rings is 1. The largest absolute Gasteiger partial charge is 0.382 e. The first-order valence-corrected chi connectivity index (χ1v) is 8.05. The number of nitrogen functional groups attached to an aromatic ring is 1. The maximum atomic E-state index is 12.4. The summed E-state index contributed by atoms with van der Waals surface area (Å²) in [5.74, 6) is 0.326. The Labute approximate surface area is 125 Å². The van der Waals surface area contributed by atoms with E-state index in [2.05, 4.69) is 18.8 Å². The van der Waals surface area contributed by atoms with Crippen molar-refractivity contribution in [3.05, 3.63) is 4.88 Å². The summed E-state index contributed by atoms with van der Waals surface area (Å²) in [5.41, 5.74) is 5.89. The Hall–Kier alpha value is -1.30. The number of hydrogen-bond acceptors (Lipinski definition) is 5. The van der Waals surface area contributed by atoms with E-state index in [1.54, 1.807) is 4.90 Å². The smallest absolute Gasteiger partial charge is 0.267 e. The summed E-state index contributed by atoms with van der Waals surface area (Å²) in [5, 5.41) is 0.814. The van der Waals surface area contributed by atoms with Crippen molar-refractivity contribution in [2.75, 3.05) is 37.8 Å². The van der Waals surface area contributed by atoms with E-state index in [1.165, 1.54) is 11.3 Å². The molecule has 6 heteroatoms. The predicted octanol–water partition coefficient (Wildman–Crippen LogP) is 2.83. The number of carbonyl (C=O) groups is 1. The Morgan fingerprint density at radius 1 is 1.20 bits per heavy atom. The van der Waals surface area contributed by atoms with Gasteiger partial charge in [-0.15, -0.1) is 0 Å². The van der Waals surface area contributed by atoms with Crippen molar-refractivity contribution in [1.82, 2.24) is 9.88 Å². The minimum Gasteiger partial charge on any atom is -0.382 e. The molecule has 2 N–H and O–H groups in total. The molecule has 1 aromatic rings. The summed E-state index contributed by atoms with van der Waals surface area (Å²) in [4.78, 5) is 21.0. The van der Waals surface area contributed by atoms with Crippen LogP contribution >= 0.6 is 11.3 Å². The molecular formula is C14H26N4OS. The summed E-state index contributed by atoms with van der Waals surface area (Å²) >= 11 is 1.38. The van der Waals surface area contributed by atoms with Crippen LogP contribution in [0.2, 0.25) is 0 Å². The fourth-order valence-electron chi connectivity index (χ4n) is 1.94. The van der Waals surface area contributed by atoms with Crippen molar-refractivity contribution in [2.45, 2.75) is 39.5 Å². The lowest BCUT2D eigenvalue weighted by atomic mass is 10.2. The highest BCUT2D eigenvalue weighted by Gasteiger charge is 2.20. The van der Waals surface area contributed by atoms with Gasteiger partial charge in [-0.2, -0.15) is 0 Å². The summed E-state index contributed by atoms with van der Waals surface area (Å²) in [7, 11) is 3.80. The number of nitrogens with zero attached hydrogens (tertiary/aromatic N) is 3. The third-order valence-corrected chi connectivity index (χ3v) is 4.34. The third-order valence-electron chi connectivity index (χ3n) is 3.17. The van der Waals surface area contributed by atoms with Crippen LogP contribution in [0.15, 0.2) is 0 Å². The molecule has 114 valence electrons. The Morgan fingerprint density at radius 3 is 2.50 bits per heavy atom. The average Bonchev–Trinajstić information content (AvgIpc) is 2.80. The number of nitrogens with two attached hydrogens (primary N) is 1. The predicted molar refractivity (Wildman–Crippen MR) is 86.6 cm³/mol. The fourth-order valence-corrected chi connectivity index (χ4v) is 2.91. The van der Waals surface area contributed by atoms with Crippen LogP contribution in [0.5, 0.6) is 0 Å². The molecule has 0 radical (unpaired) electrons. The van der Waals surface area contributed by atoms with Gasteiger partial charge >= 0.3 is 0 Å². The summed E-state index contributed by atoms with van der Waals surface area (Å²) < 4.78 is 0. The zero-order valence-electron chi connectivity index (χ0n) is 13.0. The van der Waals surface area contributed by atoms with Crippen molar-refractivity contribution in [3.63, 3.8) is 0 Å². The summed E-state index contributed by atoms with van der Waals surface area (Å²) in [6.07, 6.45) is 4.35. The maximum Gasteiger partial charge on any atom is 0.267 e. The van der Waals surface area contributed by atoms with E-state index in [0.29, 0.717) is 10.7 Å². The van der Waals surface area contributed by atoms with Crippen molar-refractivity contribution >= 4 is 28.2 Å². The van der Waals surface area contributed by atoms with Crippen LogP contribution in [0.1, 0.15) is 49.2 Å². The lowest BCUT2D eigenvalue weighted by molar-refractivity contribution is 0.0798. The molecule has 0 aliphatic rings. The van der Waals surface area contributed by atoms with Gasteiger partial charge in [-0.05, 0) is 12.8 Å². The molecule has 0 aromatic carbocycles. The van der Waals surface area contributed by atoms with Crippen LogP contribution in [0.25, 0.3) is 0 Å². The second kappa shape index (κ2) is 8.09. The Kier molecular flexibility index (Phi) is 6.78. The number of aromatic nitrogens is 1. The highest BCUT2D eigenvalue weighted by Crippen LogP contribution is 2.28. The van der Waals surface area contributed by atoms with E-state index in [9.17, 15) is 4.79 Å². The van der Waals surface area contributed by atoms with Gasteiger partial charge in [0.25, 0.3) is 5.91 Å². The van der Waals surface area contributed by atoms with Gasteiger partial charge in [-0.25, -0.2) is 4.98 Å². The Bertz CT molecular complexity index is 433. The highest BCUT2D eigenvalue weighted by molar-refractivity contribution is 7.18. The van der Waals surface area contributed by atoms with Crippen molar-refractivity contribution in [3.8, 4) is 0 Å². The minimum atomic E-state index is -0.0211. The number of carbonyl (C=O) groups excluding carboxylic acids is 1. The van der Waals surface area contributed by atoms with Crippen LogP contribution in [0.4, 0.5) is 10.9 Å². The molecule has 0 aliphatic heterocycles. The van der Waals surface area contributed by atoms with Gasteiger partial charge in [-0.1, -0.05) is 38.0 Å². The number of rotatable bonds is 8. The molecule has 0 saturated heterocycles. The molecule has 5 nitrogen and oxygen atoms in total. The van der Waals surface area contributed by atoms with Crippen LogP contribution < -0.4 is 10.6 Å². The van der Waals surface area contributed by atoms with Crippen molar-refractivity contribution in [1.29, 1.82) is 0 Å². The van der Waals surface area contributed by atoms with Gasteiger partial charge in [0.2, 0.25) is 0 Å². The zero-order valence-corrected chi connectivity index (χ0v) is 13.8. The van der Waals surface area contributed by atoms with Crippen LogP contribution in [-0.4, -0.2) is 43.0 Å². The number of hydrogen-bond donors (Lipinski definition) is 1. The van der Waals surface area contributed by atoms with Crippen LogP contribution in [0.3, 0.4) is 0 Å². The zero-order chi connectivity index (χ0) is 15.1. The first-order chi connectivity index (χ1) is 9.51. The average molecular weight is 298 g/mol. The SMILES string of the molecule is CCCCCN(C)C(=O)c1sc(N(C)CCC)nc1N. The number of anilines is 2. The summed E-state index contributed by atoms with van der Waals surface area (Å²) in [6.45, 7) is 5.94. The number of unbranched alkanes of at least 4 members (excludes halogenated alkanes) is 2. The molecule has 0 aliphatic carbocycles. The van der Waals surface area contributed by atoms with Gasteiger partial charge in [0.15, 0.2) is 5.13 Å². The van der Waals surface area contributed by atoms with E-state index in [0.717, 1.165) is 43.9 Å². The Morgan fingerprint density at radius 2 is 1.90 bits per heavy atom. The van der Waals surface area contributed by atoms with E-state index in [1.807, 2.05) is 19.0 Å². The lowest BCUT2D eigenvalue weighted by Gasteiger charge is -2.16. The molecule has 0 atom stereocenters. The van der Waals surface area contributed by atoms with E-state index < -0.39 is 0 Å². The van der Waals surface area contributed by atoms with Gasteiger partial charge in [0.05, 0.1) is 0 Å². The quantitative estimate of drug-likeness (QED) is 0.750. The highest BCUT2D eigenvalue weighted by atomic mass is 32.1. The van der Waals surface area contributed by atoms with Crippen molar-refractivity contribution < 1.29 is 4.79 Å². The van der Waals surface area contributed by atoms with Crippen LogP contribution in [0, 0.1) is 0 Å². The molecule has 1 heterocycles. The van der Waals surface area contributed by atoms with E-state index in [-0.39, 0.29) is 5.91 Å². The monoisotopic (exact) mass is 298 g/mol. The second-order valence-electron chi connectivity index (χ2n) is 5.07. The Balaban J connectivity index is 2.72. The first-order valence-electron chi connectivity index (χ1n) is 7.24. The molecule has 1 aromatic heterocycles. The van der Waals surface area contributed by atoms with Gasteiger partial charge < -0.3 is 15.5 Å². The van der Waals surface area contributed by atoms with E-state index >= 15 is 0 Å². The normalized spacial score (nSPS) is 10.6. The fraction of sp³-hybridized carbons (Fsp3) is 0.714. The van der Waals surface area contributed by atoms with Gasteiger partial charge in [-0.3, -0.25) is 4.79 Å². The molecule has 0 bridgehead atoms. The van der Waals surface area contributed by atoms with Crippen LogP contribution in [-0.2, 0) is 0 Å². The molecule has 0 spiro atoms. The second-order valence-corrected chi connectivity index (χ2v) is 6.04. The molecule has 0 fully saturated rings. The molecule has 0 saturated carbocycles. The standard InChI is InChI=1S/C14H26N4OS/c1-5-7-8-10-17(3)13(19)11-12(15)16-14(20-11)18(4)9-6-2/h5-10,15H2,1-4H3. The molecule has 1 amide bonds. The molecule has 20 heavy (non-hydrogen) atoms.